The Morgan fingerprint density at radius 3 is 2.54 bits per heavy atom. The average molecular weight is 492 g/mol. The first kappa shape index (κ1) is 25.3. The normalized spacial score (nSPS) is 10.9. The number of anilines is 1. The minimum Gasteiger partial charge on any atom is -0.493 e. The number of nitro groups is 1. The number of carbonyl (C=O) groups is 1. The SMILES string of the molecule is COc1cc(/C=C(\C#N)C(=O)Nc2cccc(C)c2C)cc(Cl)c1OCc1ccc([N+](=O)[O-])cc1. The summed E-state index contributed by atoms with van der Waals surface area (Å²) in [7, 11) is 1.44. The van der Waals surface area contributed by atoms with Gasteiger partial charge in [-0.15, -0.1) is 0 Å². The standard InChI is InChI=1S/C26H22ClN3O5/c1-16-5-4-6-23(17(16)2)29-26(31)20(14-28)11-19-12-22(27)25(24(13-19)34-3)35-15-18-7-9-21(10-8-18)30(32)33/h4-13H,15H2,1-3H3,(H,29,31)/b20-11+. The number of halogens is 1. The third kappa shape index (κ3) is 6.16. The molecule has 0 aliphatic carbocycles. The molecule has 3 aromatic carbocycles. The van der Waals surface area contributed by atoms with Gasteiger partial charge in [0.25, 0.3) is 11.6 Å². The highest BCUT2D eigenvalue weighted by Gasteiger charge is 2.15. The summed E-state index contributed by atoms with van der Waals surface area (Å²) in [5, 5.41) is 23.3. The van der Waals surface area contributed by atoms with Gasteiger partial charge in [-0.25, -0.2) is 0 Å². The Morgan fingerprint density at radius 1 is 1.20 bits per heavy atom. The fourth-order valence-electron chi connectivity index (χ4n) is 3.22. The van der Waals surface area contributed by atoms with Gasteiger partial charge in [0.05, 0.1) is 17.1 Å². The number of benzene rings is 3. The maximum absolute atomic E-state index is 12.7. The zero-order chi connectivity index (χ0) is 25.5. The maximum atomic E-state index is 12.7. The number of rotatable bonds is 8. The van der Waals surface area contributed by atoms with E-state index in [4.69, 9.17) is 21.1 Å². The summed E-state index contributed by atoms with van der Waals surface area (Å²) in [6.07, 6.45) is 1.41. The van der Waals surface area contributed by atoms with Crippen LogP contribution in [0.15, 0.2) is 60.2 Å². The van der Waals surface area contributed by atoms with Crippen LogP contribution in [0, 0.1) is 35.3 Å². The van der Waals surface area contributed by atoms with Gasteiger partial charge in [-0.1, -0.05) is 23.7 Å². The Balaban J connectivity index is 1.81. The van der Waals surface area contributed by atoms with Gasteiger partial charge in [0.2, 0.25) is 0 Å². The molecule has 0 bridgehead atoms. The number of methoxy groups -OCH3 is 1. The van der Waals surface area contributed by atoms with E-state index >= 15 is 0 Å². The van der Waals surface area contributed by atoms with Crippen molar-refractivity contribution in [1.29, 1.82) is 5.26 Å². The molecule has 35 heavy (non-hydrogen) atoms. The molecule has 0 unspecified atom stereocenters. The maximum Gasteiger partial charge on any atom is 0.269 e. The molecule has 178 valence electrons. The number of non-ortho nitro benzene ring substituents is 1. The molecular formula is C26H22ClN3O5. The fourth-order valence-corrected chi connectivity index (χ4v) is 3.50. The number of carbonyl (C=O) groups excluding carboxylic acids is 1. The topological polar surface area (TPSA) is 114 Å². The quantitative estimate of drug-likeness (QED) is 0.179. The molecule has 8 nitrogen and oxygen atoms in total. The third-order valence-electron chi connectivity index (χ3n) is 5.31. The predicted octanol–water partition coefficient (Wildman–Crippen LogP) is 6.00. The van der Waals surface area contributed by atoms with Crippen LogP contribution in [0.3, 0.4) is 0 Å². The molecule has 0 aromatic heterocycles. The van der Waals surface area contributed by atoms with E-state index in [2.05, 4.69) is 5.32 Å². The molecule has 0 spiro atoms. The average Bonchev–Trinajstić information content (AvgIpc) is 2.84. The minimum atomic E-state index is -0.546. The number of nitriles is 1. The molecule has 0 saturated carbocycles. The summed E-state index contributed by atoms with van der Waals surface area (Å²) in [4.78, 5) is 23.0. The number of amides is 1. The molecule has 1 amide bonds. The van der Waals surface area contributed by atoms with E-state index in [0.717, 1.165) is 11.1 Å². The Hall–Kier alpha value is -4.35. The monoisotopic (exact) mass is 491 g/mol. The number of nitrogens with zero attached hydrogens (tertiary/aromatic N) is 2. The van der Waals surface area contributed by atoms with E-state index in [1.165, 1.54) is 25.3 Å². The molecular weight excluding hydrogens is 470 g/mol. The van der Waals surface area contributed by atoms with Crippen molar-refractivity contribution in [3.8, 4) is 17.6 Å². The van der Waals surface area contributed by atoms with Crippen LogP contribution >= 0.6 is 11.6 Å². The van der Waals surface area contributed by atoms with Crippen LogP contribution in [-0.2, 0) is 11.4 Å². The van der Waals surface area contributed by atoms with Crippen LogP contribution in [0.1, 0.15) is 22.3 Å². The van der Waals surface area contributed by atoms with Crippen molar-refractivity contribution in [3.63, 3.8) is 0 Å². The van der Waals surface area contributed by atoms with Crippen LogP contribution in [0.2, 0.25) is 5.02 Å². The fraction of sp³-hybridized carbons (Fsp3) is 0.154. The number of hydrogen-bond donors (Lipinski definition) is 1. The van der Waals surface area contributed by atoms with Gasteiger partial charge >= 0.3 is 0 Å². The first-order chi connectivity index (χ1) is 16.7. The second kappa shape index (κ2) is 11.2. The van der Waals surface area contributed by atoms with Crippen molar-refractivity contribution in [3.05, 3.63) is 97.6 Å². The second-order valence-corrected chi connectivity index (χ2v) is 8.02. The molecule has 1 N–H and O–H groups in total. The smallest absolute Gasteiger partial charge is 0.269 e. The van der Waals surface area contributed by atoms with Gasteiger partial charge in [-0.05, 0) is 72.5 Å². The minimum absolute atomic E-state index is 0.0182. The van der Waals surface area contributed by atoms with Crippen molar-refractivity contribution < 1.29 is 19.2 Å². The highest BCUT2D eigenvalue weighted by molar-refractivity contribution is 6.32. The van der Waals surface area contributed by atoms with Crippen molar-refractivity contribution in [2.24, 2.45) is 0 Å². The van der Waals surface area contributed by atoms with Crippen molar-refractivity contribution in [1.82, 2.24) is 0 Å². The highest BCUT2D eigenvalue weighted by Crippen LogP contribution is 2.37. The van der Waals surface area contributed by atoms with Crippen molar-refractivity contribution in [2.45, 2.75) is 20.5 Å². The van der Waals surface area contributed by atoms with Crippen LogP contribution in [0.5, 0.6) is 11.5 Å². The second-order valence-electron chi connectivity index (χ2n) is 7.62. The number of nitrogens with one attached hydrogen (secondary N) is 1. The van der Waals surface area contributed by atoms with Crippen molar-refractivity contribution >= 4 is 35.0 Å². The lowest BCUT2D eigenvalue weighted by atomic mass is 10.1. The Kier molecular flexibility index (Phi) is 8.08. The molecule has 0 aliphatic heterocycles. The number of nitro benzene ring substituents is 1. The van der Waals surface area contributed by atoms with Gasteiger partial charge in [0.15, 0.2) is 11.5 Å². The first-order valence-electron chi connectivity index (χ1n) is 10.5. The molecule has 9 heteroatoms. The van der Waals surface area contributed by atoms with E-state index in [-0.39, 0.29) is 28.6 Å². The van der Waals surface area contributed by atoms with Crippen molar-refractivity contribution in [2.75, 3.05) is 12.4 Å². The van der Waals surface area contributed by atoms with Gasteiger partial charge < -0.3 is 14.8 Å². The summed E-state index contributed by atoms with van der Waals surface area (Å²) in [6.45, 7) is 3.93. The van der Waals surface area contributed by atoms with E-state index < -0.39 is 10.8 Å². The predicted molar refractivity (Wildman–Crippen MR) is 134 cm³/mol. The summed E-state index contributed by atoms with van der Waals surface area (Å²) < 4.78 is 11.2. The van der Waals surface area contributed by atoms with Crippen LogP contribution in [0.4, 0.5) is 11.4 Å². The first-order valence-corrected chi connectivity index (χ1v) is 10.8. The summed E-state index contributed by atoms with van der Waals surface area (Å²) in [5.74, 6) is 0.0238. The van der Waals surface area contributed by atoms with E-state index in [9.17, 15) is 20.2 Å². The van der Waals surface area contributed by atoms with Gasteiger partial charge in [-0.3, -0.25) is 14.9 Å². The Bertz CT molecular complexity index is 1340. The third-order valence-corrected chi connectivity index (χ3v) is 5.59. The molecule has 0 saturated heterocycles. The van der Waals surface area contributed by atoms with Gasteiger partial charge in [-0.2, -0.15) is 5.26 Å². The molecule has 3 rings (SSSR count). The lowest BCUT2D eigenvalue weighted by Crippen LogP contribution is -2.14. The number of aryl methyl sites for hydroxylation is 1. The van der Waals surface area contributed by atoms with E-state index in [1.54, 1.807) is 30.3 Å². The molecule has 0 radical (unpaired) electrons. The molecule has 0 atom stereocenters. The van der Waals surface area contributed by atoms with Crippen LogP contribution in [0.25, 0.3) is 6.08 Å². The molecule has 0 fully saturated rings. The largest absolute Gasteiger partial charge is 0.493 e. The van der Waals surface area contributed by atoms with Gasteiger partial charge in [0, 0.05) is 17.8 Å². The van der Waals surface area contributed by atoms with E-state index in [0.29, 0.717) is 22.6 Å². The number of hydrogen-bond acceptors (Lipinski definition) is 6. The van der Waals surface area contributed by atoms with Crippen LogP contribution in [-0.4, -0.2) is 17.9 Å². The Labute approximate surface area is 207 Å². The van der Waals surface area contributed by atoms with Crippen LogP contribution < -0.4 is 14.8 Å². The summed E-state index contributed by atoms with van der Waals surface area (Å²) >= 11 is 6.41. The lowest BCUT2D eigenvalue weighted by Gasteiger charge is -2.14. The molecule has 0 heterocycles. The molecule has 3 aromatic rings. The summed E-state index contributed by atoms with van der Waals surface area (Å²) in [6, 6.07) is 16.6. The lowest BCUT2D eigenvalue weighted by molar-refractivity contribution is -0.384. The Morgan fingerprint density at radius 2 is 1.91 bits per heavy atom. The van der Waals surface area contributed by atoms with Gasteiger partial charge in [0.1, 0.15) is 18.2 Å². The zero-order valence-corrected chi connectivity index (χ0v) is 20.1. The zero-order valence-electron chi connectivity index (χ0n) is 19.3. The highest BCUT2D eigenvalue weighted by atomic mass is 35.5. The van der Waals surface area contributed by atoms with E-state index in [1.807, 2.05) is 32.0 Å². The molecule has 0 aliphatic rings. The summed E-state index contributed by atoms with van der Waals surface area (Å²) in [5.41, 5.74) is 3.61. The number of ether oxygens (including phenoxy) is 2.